The summed E-state index contributed by atoms with van der Waals surface area (Å²) < 4.78 is 32.5. The molecule has 11 heavy (non-hydrogen) atoms. The van der Waals surface area contributed by atoms with Crippen LogP contribution in [0.5, 0.6) is 0 Å². The average molecular weight is 179 g/mol. The largest absolute Gasteiger partial charge is 0.353 e. The summed E-state index contributed by atoms with van der Waals surface area (Å²) in [5.41, 5.74) is 0. The molecule has 0 amide bonds. The molecule has 1 heterocycles. The normalized spacial score (nSPS) is 11.8. The summed E-state index contributed by atoms with van der Waals surface area (Å²) >= 11 is 0. The zero-order valence-electron chi connectivity index (χ0n) is 5.73. The Kier molecular flexibility index (Phi) is 1.90. The molecular formula is C4H6FN3O2S. The molecular weight excluding hydrogens is 173 g/mol. The predicted octanol–water partition coefficient (Wildman–Crippen LogP) is -0.0438. The fourth-order valence-corrected chi connectivity index (χ4v) is 0.910. The maximum Gasteiger partial charge on any atom is 0.353 e. The van der Waals surface area contributed by atoms with E-state index >= 15 is 0 Å². The van der Waals surface area contributed by atoms with Crippen LogP contribution in [0.3, 0.4) is 0 Å². The van der Waals surface area contributed by atoms with Crippen molar-refractivity contribution in [1.29, 1.82) is 0 Å². The van der Waals surface area contributed by atoms with Crippen molar-refractivity contribution >= 4 is 10.2 Å². The number of halogens is 1. The molecule has 0 aliphatic rings. The minimum absolute atomic E-state index is 0.412. The monoisotopic (exact) mass is 179 g/mol. The SMILES string of the molecule is CCn1ncc(S(=O)(=O)F)n1. The van der Waals surface area contributed by atoms with Crippen LogP contribution in [0.1, 0.15) is 6.92 Å². The fraction of sp³-hybridized carbons (Fsp3) is 0.500. The second-order valence-corrected chi connectivity index (χ2v) is 3.10. The molecule has 0 spiro atoms. The van der Waals surface area contributed by atoms with E-state index in [9.17, 15) is 12.3 Å². The Morgan fingerprint density at radius 3 is 2.64 bits per heavy atom. The van der Waals surface area contributed by atoms with Crippen LogP contribution in [0.25, 0.3) is 0 Å². The first kappa shape index (κ1) is 8.12. The topological polar surface area (TPSA) is 64.8 Å². The second-order valence-electron chi connectivity index (χ2n) is 1.81. The molecule has 0 fully saturated rings. The lowest BCUT2D eigenvalue weighted by atomic mass is 10.8. The van der Waals surface area contributed by atoms with Crippen molar-refractivity contribution in [3.05, 3.63) is 6.20 Å². The Balaban J connectivity index is 3.09. The van der Waals surface area contributed by atoms with Crippen LogP contribution in [0.4, 0.5) is 3.89 Å². The van der Waals surface area contributed by atoms with Gasteiger partial charge in [-0.25, -0.2) is 0 Å². The van der Waals surface area contributed by atoms with Gasteiger partial charge in [-0.05, 0) is 6.92 Å². The summed E-state index contributed by atoms with van der Waals surface area (Å²) in [6, 6.07) is 0. The van der Waals surface area contributed by atoms with Gasteiger partial charge in [-0.1, -0.05) is 3.89 Å². The molecule has 1 aromatic heterocycles. The van der Waals surface area contributed by atoms with Crippen LogP contribution in [0.2, 0.25) is 0 Å². The van der Waals surface area contributed by atoms with Crippen LogP contribution in [0.15, 0.2) is 11.2 Å². The number of aromatic nitrogens is 3. The quantitative estimate of drug-likeness (QED) is 0.597. The summed E-state index contributed by atoms with van der Waals surface area (Å²) in [6.07, 6.45) is 0.874. The van der Waals surface area contributed by atoms with E-state index in [1.165, 1.54) is 0 Å². The molecule has 0 unspecified atom stereocenters. The van der Waals surface area contributed by atoms with Crippen molar-refractivity contribution in [2.75, 3.05) is 0 Å². The molecule has 0 aliphatic heterocycles. The van der Waals surface area contributed by atoms with Gasteiger partial charge in [-0.15, -0.1) is 5.10 Å². The Labute approximate surface area is 63.0 Å². The van der Waals surface area contributed by atoms with Gasteiger partial charge in [0, 0.05) is 0 Å². The van der Waals surface area contributed by atoms with Gasteiger partial charge < -0.3 is 0 Å². The van der Waals surface area contributed by atoms with Crippen LogP contribution in [-0.2, 0) is 16.8 Å². The average Bonchev–Trinajstić information content (AvgIpc) is 2.32. The number of aryl methyl sites for hydroxylation is 1. The van der Waals surface area contributed by atoms with E-state index in [1.54, 1.807) is 6.92 Å². The minimum Gasteiger partial charge on any atom is -0.188 e. The third kappa shape index (κ3) is 1.73. The van der Waals surface area contributed by atoms with Crippen molar-refractivity contribution in [3.63, 3.8) is 0 Å². The summed E-state index contributed by atoms with van der Waals surface area (Å²) in [4.78, 5) is 1.09. The molecule has 0 saturated carbocycles. The first-order valence-corrected chi connectivity index (χ1v) is 4.27. The molecule has 1 rings (SSSR count). The lowest BCUT2D eigenvalue weighted by Crippen LogP contribution is -2.00. The number of rotatable bonds is 2. The van der Waals surface area contributed by atoms with Gasteiger partial charge in [0.15, 0.2) is 0 Å². The maximum absolute atomic E-state index is 12.1. The summed E-state index contributed by atoms with van der Waals surface area (Å²) in [5, 5.41) is 6.19. The zero-order valence-corrected chi connectivity index (χ0v) is 6.55. The first-order chi connectivity index (χ1) is 5.04. The van der Waals surface area contributed by atoms with Crippen LogP contribution >= 0.6 is 0 Å². The van der Waals surface area contributed by atoms with Gasteiger partial charge in [-0.3, -0.25) is 0 Å². The molecule has 5 nitrogen and oxygen atoms in total. The van der Waals surface area contributed by atoms with Crippen LogP contribution in [-0.4, -0.2) is 23.4 Å². The molecule has 7 heteroatoms. The minimum atomic E-state index is -4.69. The highest BCUT2D eigenvalue weighted by Crippen LogP contribution is 2.05. The highest BCUT2D eigenvalue weighted by atomic mass is 32.3. The molecule has 0 bridgehead atoms. The number of nitrogens with zero attached hydrogens (tertiary/aromatic N) is 3. The zero-order chi connectivity index (χ0) is 8.48. The van der Waals surface area contributed by atoms with E-state index in [2.05, 4.69) is 10.2 Å². The van der Waals surface area contributed by atoms with Gasteiger partial charge in [0.25, 0.3) is 0 Å². The Bertz CT molecular complexity index is 344. The number of hydrogen-bond donors (Lipinski definition) is 0. The van der Waals surface area contributed by atoms with Crippen molar-refractivity contribution in [2.24, 2.45) is 0 Å². The van der Waals surface area contributed by atoms with E-state index in [0.29, 0.717) is 6.54 Å². The van der Waals surface area contributed by atoms with Crippen LogP contribution in [0, 0.1) is 0 Å². The fourth-order valence-electron chi connectivity index (χ4n) is 0.546. The summed E-state index contributed by atoms with van der Waals surface area (Å²) in [5.74, 6) is 0. The van der Waals surface area contributed by atoms with Gasteiger partial charge >= 0.3 is 10.2 Å². The van der Waals surface area contributed by atoms with E-state index in [1.807, 2.05) is 0 Å². The van der Waals surface area contributed by atoms with E-state index in [0.717, 1.165) is 11.0 Å². The summed E-state index contributed by atoms with van der Waals surface area (Å²) in [6.45, 7) is 2.13. The highest BCUT2D eigenvalue weighted by Gasteiger charge is 2.15. The molecule has 0 saturated heterocycles. The van der Waals surface area contributed by atoms with E-state index in [-0.39, 0.29) is 0 Å². The van der Waals surface area contributed by atoms with Gasteiger partial charge in [-0.2, -0.15) is 18.3 Å². The van der Waals surface area contributed by atoms with Gasteiger partial charge in [0.05, 0.1) is 12.7 Å². The van der Waals surface area contributed by atoms with E-state index < -0.39 is 15.2 Å². The standard InChI is InChI=1S/C4H6FN3O2S/c1-2-8-6-3-4(7-8)11(5,9)10/h3H,2H2,1H3. The molecule has 0 radical (unpaired) electrons. The molecule has 0 N–H and O–H groups in total. The lowest BCUT2D eigenvalue weighted by Gasteiger charge is -1.87. The smallest absolute Gasteiger partial charge is 0.188 e. The first-order valence-electron chi connectivity index (χ1n) is 2.89. The Morgan fingerprint density at radius 2 is 2.36 bits per heavy atom. The van der Waals surface area contributed by atoms with E-state index in [4.69, 9.17) is 0 Å². The third-order valence-electron chi connectivity index (χ3n) is 1.05. The van der Waals surface area contributed by atoms with Crippen molar-refractivity contribution in [1.82, 2.24) is 15.0 Å². The maximum atomic E-state index is 12.1. The van der Waals surface area contributed by atoms with Crippen molar-refractivity contribution in [2.45, 2.75) is 18.5 Å². The van der Waals surface area contributed by atoms with Crippen LogP contribution < -0.4 is 0 Å². The molecule has 62 valence electrons. The van der Waals surface area contributed by atoms with Crippen molar-refractivity contribution in [3.8, 4) is 0 Å². The Morgan fingerprint density at radius 1 is 1.73 bits per heavy atom. The second kappa shape index (κ2) is 2.57. The van der Waals surface area contributed by atoms with Gasteiger partial charge in [0.1, 0.15) is 0 Å². The number of hydrogen-bond acceptors (Lipinski definition) is 4. The lowest BCUT2D eigenvalue weighted by molar-refractivity contribution is 0.530. The highest BCUT2D eigenvalue weighted by molar-refractivity contribution is 7.86. The Hall–Kier alpha value is -0.980. The van der Waals surface area contributed by atoms with Gasteiger partial charge in [0.2, 0.25) is 5.03 Å². The van der Waals surface area contributed by atoms with Crippen molar-refractivity contribution < 1.29 is 12.3 Å². The molecule has 0 aliphatic carbocycles. The molecule has 0 atom stereocenters. The molecule has 0 aromatic carbocycles. The third-order valence-corrected chi connectivity index (χ3v) is 1.73. The predicted molar refractivity (Wildman–Crippen MR) is 34.0 cm³/mol. The summed E-state index contributed by atoms with van der Waals surface area (Å²) in [7, 11) is -4.69. The molecule has 1 aromatic rings.